The Morgan fingerprint density at radius 2 is 2.00 bits per heavy atom. The van der Waals surface area contributed by atoms with Gasteiger partial charge in [-0.3, -0.25) is 9.13 Å². The van der Waals surface area contributed by atoms with E-state index in [9.17, 15) is 18.0 Å². The second kappa shape index (κ2) is 9.21. The molecule has 0 bridgehead atoms. The second-order valence-corrected chi connectivity index (χ2v) is 8.41. The Balaban J connectivity index is 1.69. The van der Waals surface area contributed by atoms with Crippen LogP contribution in [0.25, 0.3) is 12.2 Å². The SMILES string of the molecule is CC=c1c(=CC(C)c2cccc(Oc3nc(F)c(F)c(C#N)c3F)c2)n(C)c(=O)n1CC1CC1. The molecule has 2 aromatic heterocycles. The molecule has 3 aromatic rings. The number of halogens is 3. The van der Waals surface area contributed by atoms with Gasteiger partial charge in [0.05, 0.1) is 10.7 Å². The number of nitriles is 1. The molecule has 176 valence electrons. The molecule has 1 saturated carbocycles. The quantitative estimate of drug-likeness (QED) is 0.520. The molecule has 6 nitrogen and oxygen atoms in total. The van der Waals surface area contributed by atoms with E-state index in [-0.39, 0.29) is 17.4 Å². The van der Waals surface area contributed by atoms with Crippen LogP contribution in [0.5, 0.6) is 11.6 Å². The van der Waals surface area contributed by atoms with Crippen molar-refractivity contribution in [3.05, 3.63) is 74.2 Å². The summed E-state index contributed by atoms with van der Waals surface area (Å²) in [5.41, 5.74) is -0.380. The van der Waals surface area contributed by atoms with Crippen molar-refractivity contribution in [2.75, 3.05) is 0 Å². The molecule has 0 N–H and O–H groups in total. The van der Waals surface area contributed by atoms with Crippen LogP contribution in [0.15, 0.2) is 29.1 Å². The molecular formula is C25H23F3N4O2. The third kappa shape index (κ3) is 4.36. The number of pyridine rings is 1. The molecule has 1 aliphatic carbocycles. The van der Waals surface area contributed by atoms with Gasteiger partial charge in [0.2, 0.25) is 5.82 Å². The predicted molar refractivity (Wildman–Crippen MR) is 120 cm³/mol. The van der Waals surface area contributed by atoms with Gasteiger partial charge in [-0.05, 0) is 43.4 Å². The average molecular weight is 468 g/mol. The molecule has 1 aliphatic rings. The first kappa shape index (κ1) is 23.4. The predicted octanol–water partition coefficient (Wildman–Crippen LogP) is 3.46. The molecule has 34 heavy (non-hydrogen) atoms. The van der Waals surface area contributed by atoms with Crippen molar-refractivity contribution in [2.24, 2.45) is 13.0 Å². The Labute approximate surface area is 193 Å². The van der Waals surface area contributed by atoms with Crippen LogP contribution in [-0.4, -0.2) is 14.1 Å². The molecule has 4 rings (SSSR count). The van der Waals surface area contributed by atoms with Gasteiger partial charge >= 0.3 is 5.69 Å². The number of nitrogens with zero attached hydrogens (tertiary/aromatic N) is 4. The zero-order chi connectivity index (χ0) is 24.6. The molecule has 2 heterocycles. The van der Waals surface area contributed by atoms with Crippen LogP contribution in [0.2, 0.25) is 0 Å². The molecule has 0 amide bonds. The number of hydrogen-bond donors (Lipinski definition) is 0. The minimum absolute atomic E-state index is 0.0660. The van der Waals surface area contributed by atoms with Crippen molar-refractivity contribution in [1.82, 2.24) is 14.1 Å². The minimum atomic E-state index is -1.66. The molecule has 1 fully saturated rings. The standard InChI is InChI=1S/C25H23F3N4O2/c1-4-19-20(31(3)25(33)32(19)13-15-8-9-15)10-14(2)16-6-5-7-17(11-16)34-24-22(27)18(12-29)21(26)23(28)30-24/h4-7,10-11,14-15H,8-9,13H2,1-3H3. The lowest BCUT2D eigenvalue weighted by Crippen LogP contribution is -2.33. The lowest BCUT2D eigenvalue weighted by Gasteiger charge is -2.11. The Kier molecular flexibility index (Phi) is 6.33. The lowest BCUT2D eigenvalue weighted by atomic mass is 10.0. The summed E-state index contributed by atoms with van der Waals surface area (Å²) in [5, 5.41) is 10.5. The number of benzene rings is 1. The van der Waals surface area contributed by atoms with Gasteiger partial charge in [0.15, 0.2) is 5.82 Å². The van der Waals surface area contributed by atoms with Gasteiger partial charge < -0.3 is 4.74 Å². The molecule has 0 saturated heterocycles. The fourth-order valence-electron chi connectivity index (χ4n) is 3.90. The van der Waals surface area contributed by atoms with E-state index in [4.69, 9.17) is 10.00 Å². The summed E-state index contributed by atoms with van der Waals surface area (Å²) in [6.07, 6.45) is 6.15. The Hall–Kier alpha value is -3.80. The third-order valence-electron chi connectivity index (χ3n) is 5.97. The summed E-state index contributed by atoms with van der Waals surface area (Å²) in [5.74, 6) is -4.96. The summed E-state index contributed by atoms with van der Waals surface area (Å²) < 4.78 is 50.4. The highest BCUT2D eigenvalue weighted by molar-refractivity contribution is 5.43. The van der Waals surface area contributed by atoms with Crippen molar-refractivity contribution in [2.45, 2.75) is 39.2 Å². The average Bonchev–Trinajstić information content (AvgIpc) is 3.62. The number of imidazole rings is 1. The van der Waals surface area contributed by atoms with Gasteiger partial charge in [-0.2, -0.15) is 19.0 Å². The van der Waals surface area contributed by atoms with Gasteiger partial charge in [0.1, 0.15) is 17.4 Å². The van der Waals surface area contributed by atoms with Gasteiger partial charge in [-0.25, -0.2) is 9.18 Å². The van der Waals surface area contributed by atoms with E-state index in [0.717, 1.165) is 29.1 Å². The van der Waals surface area contributed by atoms with Crippen molar-refractivity contribution < 1.29 is 17.9 Å². The van der Waals surface area contributed by atoms with Crippen molar-refractivity contribution >= 4 is 12.2 Å². The highest BCUT2D eigenvalue weighted by Gasteiger charge is 2.24. The first-order valence-corrected chi connectivity index (χ1v) is 10.9. The molecule has 9 heteroatoms. The third-order valence-corrected chi connectivity index (χ3v) is 5.97. The van der Waals surface area contributed by atoms with E-state index in [1.54, 1.807) is 28.3 Å². The fourth-order valence-corrected chi connectivity index (χ4v) is 3.90. The van der Waals surface area contributed by atoms with Crippen LogP contribution < -0.4 is 21.1 Å². The Bertz CT molecular complexity index is 1480. The maximum atomic E-state index is 14.3. The van der Waals surface area contributed by atoms with E-state index < -0.39 is 29.0 Å². The van der Waals surface area contributed by atoms with Crippen LogP contribution in [0.4, 0.5) is 13.2 Å². The summed E-state index contributed by atoms with van der Waals surface area (Å²) in [6.45, 7) is 4.54. The number of ether oxygens (including phenoxy) is 1. The Morgan fingerprint density at radius 3 is 2.65 bits per heavy atom. The topological polar surface area (TPSA) is 72.8 Å². The Morgan fingerprint density at radius 1 is 1.26 bits per heavy atom. The maximum Gasteiger partial charge on any atom is 0.328 e. The van der Waals surface area contributed by atoms with Crippen molar-refractivity contribution in [3.63, 3.8) is 0 Å². The maximum absolute atomic E-state index is 14.3. The summed E-state index contributed by atoms with van der Waals surface area (Å²) >= 11 is 0. The molecule has 0 aliphatic heterocycles. The number of hydrogen-bond acceptors (Lipinski definition) is 4. The number of rotatable bonds is 6. The van der Waals surface area contributed by atoms with Crippen LogP contribution in [-0.2, 0) is 13.6 Å². The molecule has 0 radical (unpaired) electrons. The van der Waals surface area contributed by atoms with Gasteiger partial charge in [-0.15, -0.1) is 0 Å². The zero-order valence-corrected chi connectivity index (χ0v) is 19.0. The van der Waals surface area contributed by atoms with E-state index in [2.05, 4.69) is 4.98 Å². The molecule has 1 unspecified atom stereocenters. The van der Waals surface area contributed by atoms with E-state index in [0.29, 0.717) is 12.5 Å². The summed E-state index contributed by atoms with van der Waals surface area (Å²) in [7, 11) is 1.74. The van der Waals surface area contributed by atoms with Crippen molar-refractivity contribution in [1.29, 1.82) is 5.26 Å². The molecule has 1 aromatic carbocycles. The van der Waals surface area contributed by atoms with Gasteiger partial charge in [0, 0.05) is 19.5 Å². The summed E-state index contributed by atoms with van der Waals surface area (Å²) in [4.78, 5) is 15.9. The van der Waals surface area contributed by atoms with E-state index >= 15 is 0 Å². The van der Waals surface area contributed by atoms with Crippen LogP contribution in [0.1, 0.15) is 43.7 Å². The smallest absolute Gasteiger partial charge is 0.328 e. The van der Waals surface area contributed by atoms with Gasteiger partial charge in [0.25, 0.3) is 11.8 Å². The van der Waals surface area contributed by atoms with Gasteiger partial charge in [-0.1, -0.05) is 31.2 Å². The lowest BCUT2D eigenvalue weighted by molar-refractivity contribution is 0.385. The summed E-state index contributed by atoms with van der Waals surface area (Å²) in [6, 6.07) is 7.91. The van der Waals surface area contributed by atoms with Crippen LogP contribution in [0, 0.1) is 34.8 Å². The largest absolute Gasteiger partial charge is 0.436 e. The first-order chi connectivity index (χ1) is 16.2. The minimum Gasteiger partial charge on any atom is -0.436 e. The fraction of sp³-hybridized carbons (Fsp3) is 0.320. The van der Waals surface area contributed by atoms with Crippen molar-refractivity contribution in [3.8, 4) is 17.7 Å². The second-order valence-electron chi connectivity index (χ2n) is 8.41. The molecular weight excluding hydrogens is 445 g/mol. The first-order valence-electron chi connectivity index (χ1n) is 10.9. The monoisotopic (exact) mass is 468 g/mol. The molecule has 0 spiro atoms. The zero-order valence-electron chi connectivity index (χ0n) is 19.0. The number of aromatic nitrogens is 3. The normalized spacial score (nSPS) is 15.4. The van der Waals surface area contributed by atoms with E-state index in [1.165, 1.54) is 12.1 Å². The van der Waals surface area contributed by atoms with Crippen LogP contribution in [0.3, 0.4) is 0 Å². The van der Waals surface area contributed by atoms with Crippen LogP contribution >= 0.6 is 0 Å². The highest BCUT2D eigenvalue weighted by Crippen LogP contribution is 2.30. The molecule has 1 atom stereocenters. The highest BCUT2D eigenvalue weighted by atomic mass is 19.2. The van der Waals surface area contributed by atoms with E-state index in [1.807, 2.05) is 32.1 Å².